The van der Waals surface area contributed by atoms with Gasteiger partial charge in [-0.15, -0.1) is 0 Å². The molecule has 0 atom stereocenters. The molecule has 0 fully saturated rings. The summed E-state index contributed by atoms with van der Waals surface area (Å²) in [5.41, 5.74) is 4.60. The maximum atomic E-state index is 10.9. The quantitative estimate of drug-likeness (QED) is 0.510. The number of rotatable bonds is 4. The summed E-state index contributed by atoms with van der Waals surface area (Å²) >= 11 is 0. The third-order valence-corrected chi connectivity index (χ3v) is 2.87. The van der Waals surface area contributed by atoms with E-state index in [9.17, 15) is 4.79 Å². The molecule has 2 N–H and O–H groups in total. The highest BCUT2D eigenvalue weighted by Gasteiger charge is 1.98. The Balaban J connectivity index is 2.14. The number of methoxy groups -OCH3 is 1. The van der Waals surface area contributed by atoms with Crippen LogP contribution < -0.4 is 10.2 Å². The van der Waals surface area contributed by atoms with Gasteiger partial charge < -0.3 is 4.74 Å². The summed E-state index contributed by atoms with van der Waals surface area (Å²) in [5, 5.41) is 8.39. The smallest absolute Gasteiger partial charge is 0.267 e. The van der Waals surface area contributed by atoms with Crippen LogP contribution in [0.3, 0.4) is 0 Å². The van der Waals surface area contributed by atoms with Gasteiger partial charge in [0.05, 0.1) is 7.11 Å². The molecular formula is C16H15NO3. The third kappa shape index (κ3) is 3.46. The molecule has 2 aromatic rings. The largest absolute Gasteiger partial charge is 0.497 e. The van der Waals surface area contributed by atoms with E-state index in [2.05, 4.69) is 0 Å². The van der Waals surface area contributed by atoms with Gasteiger partial charge in [0.1, 0.15) is 5.75 Å². The van der Waals surface area contributed by atoms with Crippen molar-refractivity contribution in [2.24, 2.45) is 0 Å². The lowest BCUT2D eigenvalue weighted by Crippen LogP contribution is -2.14. The highest BCUT2D eigenvalue weighted by Crippen LogP contribution is 2.22. The van der Waals surface area contributed by atoms with Crippen LogP contribution in [0, 0.1) is 0 Å². The van der Waals surface area contributed by atoms with E-state index in [0.29, 0.717) is 0 Å². The molecule has 0 spiro atoms. The number of carbonyl (C=O) groups excluding carboxylic acids is 1. The van der Waals surface area contributed by atoms with Gasteiger partial charge in [0.15, 0.2) is 0 Å². The minimum atomic E-state index is -0.552. The fraction of sp³-hybridized carbons (Fsp3) is 0.0625. The van der Waals surface area contributed by atoms with E-state index in [4.69, 9.17) is 9.94 Å². The number of hydrogen-bond donors (Lipinski definition) is 2. The average Bonchev–Trinajstić information content (AvgIpc) is 2.53. The van der Waals surface area contributed by atoms with E-state index >= 15 is 0 Å². The van der Waals surface area contributed by atoms with Crippen LogP contribution in [0.2, 0.25) is 0 Å². The lowest BCUT2D eigenvalue weighted by Gasteiger charge is -2.04. The Hall–Kier alpha value is -2.59. The summed E-state index contributed by atoms with van der Waals surface area (Å²) < 4.78 is 5.12. The van der Waals surface area contributed by atoms with Crippen molar-refractivity contribution in [3.8, 4) is 16.9 Å². The molecule has 0 radical (unpaired) electrons. The molecule has 2 aromatic carbocycles. The van der Waals surface area contributed by atoms with E-state index in [1.165, 1.54) is 6.08 Å². The molecule has 20 heavy (non-hydrogen) atoms. The minimum Gasteiger partial charge on any atom is -0.497 e. The second kappa shape index (κ2) is 6.54. The molecule has 0 bridgehead atoms. The Morgan fingerprint density at radius 2 is 1.60 bits per heavy atom. The molecule has 0 heterocycles. The zero-order chi connectivity index (χ0) is 14.4. The van der Waals surface area contributed by atoms with Crippen molar-refractivity contribution in [2.75, 3.05) is 7.11 Å². The topological polar surface area (TPSA) is 58.6 Å². The van der Waals surface area contributed by atoms with Crippen LogP contribution in [0.25, 0.3) is 17.2 Å². The van der Waals surface area contributed by atoms with Crippen LogP contribution in [0.5, 0.6) is 5.75 Å². The lowest BCUT2D eigenvalue weighted by atomic mass is 10.0. The van der Waals surface area contributed by atoms with Gasteiger partial charge in [-0.25, -0.2) is 5.48 Å². The Morgan fingerprint density at radius 1 is 1.05 bits per heavy atom. The summed E-state index contributed by atoms with van der Waals surface area (Å²) in [6.07, 6.45) is 2.89. The number of carbonyl (C=O) groups is 1. The minimum absolute atomic E-state index is 0.552. The molecule has 0 aromatic heterocycles. The van der Waals surface area contributed by atoms with Crippen molar-refractivity contribution in [2.45, 2.75) is 0 Å². The summed E-state index contributed by atoms with van der Waals surface area (Å²) in [6, 6.07) is 15.5. The monoisotopic (exact) mass is 269 g/mol. The maximum Gasteiger partial charge on any atom is 0.267 e. The van der Waals surface area contributed by atoms with E-state index in [0.717, 1.165) is 22.4 Å². The molecule has 0 unspecified atom stereocenters. The van der Waals surface area contributed by atoms with E-state index in [1.54, 1.807) is 18.7 Å². The second-order valence-electron chi connectivity index (χ2n) is 4.16. The van der Waals surface area contributed by atoms with Crippen LogP contribution in [0.1, 0.15) is 5.56 Å². The second-order valence-corrected chi connectivity index (χ2v) is 4.16. The van der Waals surface area contributed by atoms with Crippen molar-refractivity contribution in [1.29, 1.82) is 0 Å². The lowest BCUT2D eigenvalue weighted by molar-refractivity contribution is -0.124. The average molecular weight is 269 g/mol. The van der Waals surface area contributed by atoms with Crippen molar-refractivity contribution in [3.63, 3.8) is 0 Å². The number of ether oxygens (including phenoxy) is 1. The van der Waals surface area contributed by atoms with Crippen molar-refractivity contribution in [1.82, 2.24) is 5.48 Å². The fourth-order valence-electron chi connectivity index (χ4n) is 1.78. The predicted molar refractivity (Wildman–Crippen MR) is 77.4 cm³/mol. The van der Waals surface area contributed by atoms with Crippen LogP contribution in [-0.2, 0) is 4.79 Å². The number of hydrogen-bond acceptors (Lipinski definition) is 3. The van der Waals surface area contributed by atoms with Gasteiger partial charge in [0.25, 0.3) is 5.91 Å². The zero-order valence-electron chi connectivity index (χ0n) is 11.0. The van der Waals surface area contributed by atoms with Crippen LogP contribution in [0.15, 0.2) is 54.6 Å². The van der Waals surface area contributed by atoms with Gasteiger partial charge in [-0.3, -0.25) is 10.0 Å². The summed E-state index contributed by atoms with van der Waals surface area (Å²) in [4.78, 5) is 10.9. The van der Waals surface area contributed by atoms with Crippen LogP contribution in [0.4, 0.5) is 0 Å². The van der Waals surface area contributed by atoms with Gasteiger partial charge in [-0.1, -0.05) is 36.4 Å². The maximum absolute atomic E-state index is 10.9. The molecule has 102 valence electrons. The number of amides is 1. The first-order chi connectivity index (χ1) is 9.72. The van der Waals surface area contributed by atoms with E-state index in [-0.39, 0.29) is 0 Å². The Labute approximate surface area is 117 Å². The highest BCUT2D eigenvalue weighted by molar-refractivity contribution is 5.90. The molecular weight excluding hydrogens is 254 g/mol. The SMILES string of the molecule is COc1ccc(-c2ccc(C=CC(=O)NO)cc2)cc1. The number of benzene rings is 2. The molecule has 0 saturated heterocycles. The molecule has 1 amide bonds. The summed E-state index contributed by atoms with van der Waals surface area (Å²) in [5.74, 6) is 0.271. The molecule has 0 aliphatic rings. The highest BCUT2D eigenvalue weighted by atomic mass is 16.5. The Bertz CT molecular complexity index is 601. The van der Waals surface area contributed by atoms with Gasteiger partial charge in [0.2, 0.25) is 0 Å². The molecule has 0 aliphatic carbocycles. The summed E-state index contributed by atoms with van der Waals surface area (Å²) in [7, 11) is 1.64. The predicted octanol–water partition coefficient (Wildman–Crippen LogP) is 2.88. The fourth-order valence-corrected chi connectivity index (χ4v) is 1.78. The zero-order valence-corrected chi connectivity index (χ0v) is 11.0. The van der Waals surface area contributed by atoms with Crippen molar-refractivity contribution in [3.05, 3.63) is 60.2 Å². The molecule has 0 saturated carbocycles. The van der Waals surface area contributed by atoms with E-state index < -0.39 is 5.91 Å². The Morgan fingerprint density at radius 3 is 2.10 bits per heavy atom. The summed E-state index contributed by atoms with van der Waals surface area (Å²) in [6.45, 7) is 0. The standard InChI is InChI=1S/C16H15NO3/c1-20-15-9-7-14(8-10-15)13-5-2-12(3-6-13)4-11-16(18)17-19/h2-11,19H,1H3,(H,17,18). The molecule has 2 rings (SSSR count). The first-order valence-electron chi connectivity index (χ1n) is 6.09. The Kier molecular flexibility index (Phi) is 4.52. The number of hydroxylamine groups is 1. The van der Waals surface area contributed by atoms with Gasteiger partial charge >= 0.3 is 0 Å². The van der Waals surface area contributed by atoms with Gasteiger partial charge in [-0.05, 0) is 34.9 Å². The van der Waals surface area contributed by atoms with Crippen LogP contribution in [-0.4, -0.2) is 18.2 Å². The first-order valence-corrected chi connectivity index (χ1v) is 6.09. The normalized spacial score (nSPS) is 10.5. The molecule has 0 aliphatic heterocycles. The number of nitrogens with one attached hydrogen (secondary N) is 1. The molecule has 4 heteroatoms. The van der Waals surface area contributed by atoms with Gasteiger partial charge in [0, 0.05) is 6.08 Å². The van der Waals surface area contributed by atoms with Crippen LogP contribution >= 0.6 is 0 Å². The van der Waals surface area contributed by atoms with Crippen molar-refractivity contribution >= 4 is 12.0 Å². The first kappa shape index (κ1) is 13.8. The van der Waals surface area contributed by atoms with Gasteiger partial charge in [-0.2, -0.15) is 0 Å². The third-order valence-electron chi connectivity index (χ3n) is 2.87. The molecule has 4 nitrogen and oxygen atoms in total. The van der Waals surface area contributed by atoms with Crippen molar-refractivity contribution < 1.29 is 14.7 Å². The van der Waals surface area contributed by atoms with E-state index in [1.807, 2.05) is 48.5 Å².